The van der Waals surface area contributed by atoms with Crippen molar-refractivity contribution in [2.75, 3.05) is 13.1 Å². The molecule has 49 heavy (non-hydrogen) atoms. The van der Waals surface area contributed by atoms with Crippen LogP contribution in [-0.2, 0) is 54.1 Å². The van der Waals surface area contributed by atoms with E-state index < -0.39 is 0 Å². The summed E-state index contributed by atoms with van der Waals surface area (Å²) >= 11 is 0. The lowest BCUT2D eigenvalue weighted by atomic mass is 10.1. The second kappa shape index (κ2) is 15.8. The molecular weight excluding hydrogens is 618 g/mol. The molecule has 250 valence electrons. The van der Waals surface area contributed by atoms with Crippen LogP contribution in [0.2, 0.25) is 0 Å². The number of fused-ring (bicyclic) bond motifs is 5. The van der Waals surface area contributed by atoms with Gasteiger partial charge in [0, 0.05) is 76.8 Å². The molecule has 0 spiro atoms. The van der Waals surface area contributed by atoms with E-state index in [0.717, 1.165) is 72.1 Å². The molecule has 15 heteroatoms. The maximum atomic E-state index is 4.31. The molecule has 0 unspecified atom stereocenters. The summed E-state index contributed by atoms with van der Waals surface area (Å²) in [6, 6.07) is 3.86. The summed E-state index contributed by atoms with van der Waals surface area (Å²) in [5.41, 5.74) is 9.32. The zero-order valence-corrected chi connectivity index (χ0v) is 28.1. The van der Waals surface area contributed by atoms with Crippen molar-refractivity contribution < 1.29 is 0 Å². The molecule has 0 aromatic carbocycles. The van der Waals surface area contributed by atoms with E-state index in [1.54, 1.807) is 59.0 Å². The molecule has 7 aromatic heterocycles. The predicted molar refractivity (Wildman–Crippen MR) is 187 cm³/mol. The Morgan fingerprint density at radius 3 is 2.27 bits per heavy atom. The number of aromatic nitrogens is 12. The minimum atomic E-state index is 0.941. The molecule has 0 fully saturated rings. The Kier molecular flexibility index (Phi) is 10.7. The third-order valence-corrected chi connectivity index (χ3v) is 8.01. The van der Waals surface area contributed by atoms with Gasteiger partial charge >= 0.3 is 0 Å². The van der Waals surface area contributed by atoms with Crippen LogP contribution in [0, 0.1) is 6.08 Å². The number of aryl methyl sites for hydroxylation is 4. The maximum absolute atomic E-state index is 4.31. The van der Waals surface area contributed by atoms with Gasteiger partial charge in [-0.05, 0) is 49.2 Å². The molecule has 0 aliphatic carbocycles. The highest BCUT2D eigenvalue weighted by Crippen LogP contribution is 2.12. The Hall–Kier alpha value is -5.89. The van der Waals surface area contributed by atoms with Gasteiger partial charge in [-0.25, -0.2) is 4.99 Å². The van der Waals surface area contributed by atoms with Crippen LogP contribution in [-0.4, -0.2) is 78.6 Å². The van der Waals surface area contributed by atoms with Crippen LogP contribution in [0.15, 0.2) is 79.1 Å². The van der Waals surface area contributed by atoms with Crippen molar-refractivity contribution in [1.29, 1.82) is 0 Å². The first-order valence-electron chi connectivity index (χ1n) is 16.0. The van der Waals surface area contributed by atoms with Gasteiger partial charge in [0.1, 0.15) is 17.9 Å². The Morgan fingerprint density at radius 1 is 0.735 bits per heavy atom. The molecule has 0 saturated heterocycles. The van der Waals surface area contributed by atoms with Crippen LogP contribution >= 0.6 is 0 Å². The summed E-state index contributed by atoms with van der Waals surface area (Å²) in [6.45, 7) is 4.11. The molecule has 0 bridgehead atoms. The first kappa shape index (κ1) is 33.0. The van der Waals surface area contributed by atoms with Gasteiger partial charge < -0.3 is 10.6 Å². The van der Waals surface area contributed by atoms with Crippen molar-refractivity contribution in [2.45, 2.75) is 25.9 Å². The minimum Gasteiger partial charge on any atom is -0.311 e. The highest BCUT2D eigenvalue weighted by molar-refractivity contribution is 5.81. The molecule has 0 atom stereocenters. The Balaban J connectivity index is 0.000000106. The number of aliphatic imine (C=N–C) groups is 1. The van der Waals surface area contributed by atoms with E-state index in [-0.39, 0.29) is 0 Å². The molecule has 3 aliphatic rings. The Bertz CT molecular complexity index is 2070. The van der Waals surface area contributed by atoms with Crippen molar-refractivity contribution in [3.8, 4) is 0 Å². The number of nitrogens with zero attached hydrogens (tertiary/aromatic N) is 12. The summed E-state index contributed by atoms with van der Waals surface area (Å²) in [6.07, 6.45) is 25.3. The normalized spacial score (nSPS) is 13.6. The SMILES string of the molecule is Cn1cc2c(n1)CNCC2.Cn1cc2ccncc2n1.Cn1ncc2c1C=NC=[C+]2.Cn1ncc2c1CNCC2.c1cc2cn[nH]c2cn1. The fraction of sp³-hybridized carbons (Fsp3) is 0.294. The Labute approximate surface area is 283 Å². The van der Waals surface area contributed by atoms with Crippen LogP contribution in [0.5, 0.6) is 0 Å². The molecule has 10 rings (SSSR count). The third kappa shape index (κ3) is 8.53. The lowest BCUT2D eigenvalue weighted by Crippen LogP contribution is -2.24. The van der Waals surface area contributed by atoms with Crippen LogP contribution in [0.4, 0.5) is 0 Å². The predicted octanol–water partition coefficient (Wildman–Crippen LogP) is 2.58. The number of hydrogen-bond donors (Lipinski definition) is 3. The van der Waals surface area contributed by atoms with Gasteiger partial charge in [-0.3, -0.25) is 29.1 Å². The highest BCUT2D eigenvalue weighted by atomic mass is 15.3. The molecular formula is C34H40N15+. The molecule has 7 aromatic rings. The van der Waals surface area contributed by atoms with Crippen molar-refractivity contribution >= 4 is 28.0 Å². The Morgan fingerprint density at radius 2 is 1.49 bits per heavy atom. The molecule has 3 N–H and O–H groups in total. The van der Waals surface area contributed by atoms with Gasteiger partial charge in [0.05, 0.1) is 47.8 Å². The highest BCUT2D eigenvalue weighted by Gasteiger charge is 2.16. The van der Waals surface area contributed by atoms with Gasteiger partial charge in [-0.1, -0.05) is 5.10 Å². The maximum Gasteiger partial charge on any atom is 0.238 e. The van der Waals surface area contributed by atoms with Crippen LogP contribution in [0.3, 0.4) is 0 Å². The molecule has 3 aliphatic heterocycles. The summed E-state index contributed by atoms with van der Waals surface area (Å²) in [5.74, 6) is 0. The smallest absolute Gasteiger partial charge is 0.238 e. The molecule has 15 nitrogen and oxygen atoms in total. The van der Waals surface area contributed by atoms with Crippen molar-refractivity contribution in [3.05, 3.63) is 114 Å². The minimum absolute atomic E-state index is 0.941. The van der Waals surface area contributed by atoms with Gasteiger partial charge in [0.2, 0.25) is 5.56 Å². The van der Waals surface area contributed by atoms with Crippen molar-refractivity contribution in [1.82, 2.24) is 69.9 Å². The topological polar surface area (TPSA) is 162 Å². The lowest BCUT2D eigenvalue weighted by Gasteiger charge is -2.12. The van der Waals surface area contributed by atoms with Crippen LogP contribution in [0.1, 0.15) is 33.8 Å². The standard InChI is InChI=1S/C7H11N3.C7H7N3.C7H11N3.C7H6N3.C6H5N3/c2*1-10-5-6-2-3-8-4-7(6)9-10;2*1-10-7-5-8-3-2-6(7)4-9-10;1-2-7-4-6-5(1)3-8-9-6/h5,8H,2-4H2,1H3;2-5H,1H3;4,8H,2-3,5H2,1H3;3-5H,1H3;1-4H,(H,8,9)/q;;;+1;. The summed E-state index contributed by atoms with van der Waals surface area (Å²) in [5, 5.41) is 32.2. The number of nitrogens with one attached hydrogen (secondary N) is 3. The van der Waals surface area contributed by atoms with Crippen molar-refractivity contribution in [2.24, 2.45) is 33.2 Å². The monoisotopic (exact) mass is 658 g/mol. The van der Waals surface area contributed by atoms with E-state index in [2.05, 4.69) is 68.5 Å². The quantitative estimate of drug-likeness (QED) is 0.208. The second-order valence-electron chi connectivity index (χ2n) is 11.6. The van der Waals surface area contributed by atoms with Crippen LogP contribution in [0.25, 0.3) is 21.8 Å². The summed E-state index contributed by atoms with van der Waals surface area (Å²) < 4.78 is 7.39. The first-order chi connectivity index (χ1) is 23.9. The van der Waals surface area contributed by atoms with E-state index in [9.17, 15) is 0 Å². The average molecular weight is 659 g/mol. The third-order valence-electron chi connectivity index (χ3n) is 8.01. The first-order valence-corrected chi connectivity index (χ1v) is 16.0. The van der Waals surface area contributed by atoms with E-state index >= 15 is 0 Å². The zero-order chi connectivity index (χ0) is 34.0. The van der Waals surface area contributed by atoms with E-state index in [0.29, 0.717) is 0 Å². The number of rotatable bonds is 0. The second-order valence-corrected chi connectivity index (χ2v) is 11.6. The number of H-pyrrole nitrogens is 1. The molecule has 0 saturated carbocycles. The summed E-state index contributed by atoms with van der Waals surface area (Å²) in [7, 11) is 7.75. The lowest BCUT2D eigenvalue weighted by molar-refractivity contribution is 0.593. The largest absolute Gasteiger partial charge is 0.311 e. The van der Waals surface area contributed by atoms with Gasteiger partial charge in [-0.15, -0.1) is 0 Å². The summed E-state index contributed by atoms with van der Waals surface area (Å²) in [4.78, 5) is 11.8. The van der Waals surface area contributed by atoms with Gasteiger partial charge in [-0.2, -0.15) is 25.1 Å². The number of pyridine rings is 2. The van der Waals surface area contributed by atoms with Crippen LogP contribution < -0.4 is 10.6 Å². The van der Waals surface area contributed by atoms with E-state index in [1.165, 1.54) is 22.5 Å². The zero-order valence-electron chi connectivity index (χ0n) is 28.1. The molecule has 0 radical (unpaired) electrons. The fourth-order valence-corrected chi connectivity index (χ4v) is 5.44. The fourth-order valence-electron chi connectivity index (χ4n) is 5.44. The van der Waals surface area contributed by atoms with Crippen molar-refractivity contribution in [3.63, 3.8) is 0 Å². The van der Waals surface area contributed by atoms with E-state index in [1.807, 2.05) is 62.1 Å². The molecule has 10 heterocycles. The van der Waals surface area contributed by atoms with Gasteiger partial charge in [0.15, 0.2) is 11.9 Å². The average Bonchev–Trinajstić information content (AvgIpc) is 3.97. The van der Waals surface area contributed by atoms with Gasteiger partial charge in [0.25, 0.3) is 0 Å². The number of aromatic amines is 1. The van der Waals surface area contributed by atoms with E-state index in [4.69, 9.17) is 0 Å². The molecule has 0 amide bonds. The number of hydrogen-bond acceptors (Lipinski definition) is 10.